The maximum atomic E-state index is 13.0. The Morgan fingerprint density at radius 1 is 1.20 bits per heavy atom. The number of aliphatic hydroxyl groups is 1. The number of hydrogen-bond acceptors (Lipinski definition) is 2. The third-order valence-electron chi connectivity index (χ3n) is 3.08. The Hall–Kier alpha value is -2.20. The van der Waals surface area contributed by atoms with Gasteiger partial charge in [-0.2, -0.15) is 0 Å². The van der Waals surface area contributed by atoms with Crippen LogP contribution in [0.15, 0.2) is 54.6 Å². The molecule has 0 fully saturated rings. The molecule has 0 aromatic heterocycles. The summed E-state index contributed by atoms with van der Waals surface area (Å²) in [6.45, 7) is 1.67. The highest BCUT2D eigenvalue weighted by Gasteiger charge is 2.23. The lowest BCUT2D eigenvalue weighted by molar-refractivity contribution is 0.0526. The number of nitrogens with one attached hydrogen (secondary N) is 1. The molecule has 2 aromatic rings. The van der Waals surface area contributed by atoms with E-state index in [1.807, 2.05) is 18.2 Å². The maximum Gasteiger partial charge on any atom is 0.251 e. The van der Waals surface area contributed by atoms with Crippen molar-refractivity contribution in [2.24, 2.45) is 0 Å². The van der Waals surface area contributed by atoms with Gasteiger partial charge in [-0.15, -0.1) is 0 Å². The first-order valence-electron chi connectivity index (χ1n) is 6.31. The quantitative estimate of drug-likeness (QED) is 0.899. The van der Waals surface area contributed by atoms with E-state index < -0.39 is 17.3 Å². The van der Waals surface area contributed by atoms with Crippen LogP contribution in [-0.2, 0) is 5.60 Å². The molecule has 0 bridgehead atoms. The highest BCUT2D eigenvalue weighted by atomic mass is 19.1. The fraction of sp³-hybridized carbons (Fsp3) is 0.188. The molecule has 20 heavy (non-hydrogen) atoms. The SMILES string of the molecule is CC(O)(CNC(=O)c1cccc(F)c1)c1ccccc1. The monoisotopic (exact) mass is 273 g/mol. The van der Waals surface area contributed by atoms with Gasteiger partial charge in [0.1, 0.15) is 11.4 Å². The van der Waals surface area contributed by atoms with Gasteiger partial charge in [0.05, 0.1) is 6.54 Å². The van der Waals surface area contributed by atoms with Gasteiger partial charge in [-0.3, -0.25) is 4.79 Å². The van der Waals surface area contributed by atoms with Crippen LogP contribution in [0.5, 0.6) is 0 Å². The molecule has 0 spiro atoms. The number of amides is 1. The van der Waals surface area contributed by atoms with Gasteiger partial charge in [-0.1, -0.05) is 36.4 Å². The van der Waals surface area contributed by atoms with Crippen LogP contribution in [0.1, 0.15) is 22.8 Å². The molecule has 0 aliphatic carbocycles. The number of rotatable bonds is 4. The smallest absolute Gasteiger partial charge is 0.251 e. The topological polar surface area (TPSA) is 49.3 Å². The zero-order valence-corrected chi connectivity index (χ0v) is 11.1. The van der Waals surface area contributed by atoms with Gasteiger partial charge in [0.15, 0.2) is 0 Å². The zero-order chi connectivity index (χ0) is 14.6. The zero-order valence-electron chi connectivity index (χ0n) is 11.1. The van der Waals surface area contributed by atoms with Crippen LogP contribution in [0.2, 0.25) is 0 Å². The number of carbonyl (C=O) groups excluding carboxylic acids is 1. The molecule has 2 rings (SSSR count). The Morgan fingerprint density at radius 3 is 2.55 bits per heavy atom. The molecule has 0 radical (unpaired) electrons. The fourth-order valence-electron chi connectivity index (χ4n) is 1.88. The summed E-state index contributed by atoms with van der Waals surface area (Å²) < 4.78 is 13.0. The van der Waals surface area contributed by atoms with Crippen molar-refractivity contribution < 1.29 is 14.3 Å². The first kappa shape index (κ1) is 14.2. The summed E-state index contributed by atoms with van der Waals surface area (Å²) in [4.78, 5) is 11.9. The van der Waals surface area contributed by atoms with Crippen LogP contribution in [0.25, 0.3) is 0 Å². The minimum absolute atomic E-state index is 0.0480. The molecule has 2 aromatic carbocycles. The van der Waals surface area contributed by atoms with Gasteiger partial charge in [0.25, 0.3) is 5.91 Å². The molecule has 1 unspecified atom stereocenters. The van der Waals surface area contributed by atoms with Crippen molar-refractivity contribution in [2.75, 3.05) is 6.54 Å². The molecule has 4 heteroatoms. The molecule has 3 nitrogen and oxygen atoms in total. The lowest BCUT2D eigenvalue weighted by Gasteiger charge is -2.24. The Labute approximate surface area is 117 Å². The van der Waals surface area contributed by atoms with Gasteiger partial charge < -0.3 is 10.4 Å². The molecule has 0 saturated heterocycles. The van der Waals surface area contributed by atoms with E-state index in [0.29, 0.717) is 5.56 Å². The van der Waals surface area contributed by atoms with Crippen molar-refractivity contribution in [1.29, 1.82) is 0 Å². The van der Waals surface area contributed by atoms with E-state index in [0.717, 1.165) is 6.07 Å². The largest absolute Gasteiger partial charge is 0.384 e. The Kier molecular flexibility index (Phi) is 4.15. The van der Waals surface area contributed by atoms with Crippen LogP contribution in [0.3, 0.4) is 0 Å². The second kappa shape index (κ2) is 5.84. The third kappa shape index (κ3) is 3.42. The number of halogens is 1. The normalized spacial score (nSPS) is 13.6. The Morgan fingerprint density at radius 2 is 1.90 bits per heavy atom. The van der Waals surface area contributed by atoms with Crippen molar-refractivity contribution in [3.05, 3.63) is 71.5 Å². The summed E-state index contributed by atoms with van der Waals surface area (Å²) in [7, 11) is 0. The molecule has 0 aliphatic rings. The summed E-state index contributed by atoms with van der Waals surface area (Å²) in [5.41, 5.74) is -0.238. The van der Waals surface area contributed by atoms with E-state index in [2.05, 4.69) is 5.32 Å². The van der Waals surface area contributed by atoms with Crippen LogP contribution in [-0.4, -0.2) is 17.6 Å². The van der Waals surface area contributed by atoms with Crippen LogP contribution in [0.4, 0.5) is 4.39 Å². The molecule has 1 amide bonds. The van der Waals surface area contributed by atoms with E-state index >= 15 is 0 Å². The van der Waals surface area contributed by atoms with Crippen molar-refractivity contribution in [3.8, 4) is 0 Å². The standard InChI is InChI=1S/C16H16FNO2/c1-16(20,13-7-3-2-4-8-13)11-18-15(19)12-6-5-9-14(17)10-12/h2-10,20H,11H2,1H3,(H,18,19). The Balaban J connectivity index is 2.03. The average molecular weight is 273 g/mol. The Bertz CT molecular complexity index is 596. The predicted octanol–water partition coefficient (Wildman–Crippen LogP) is 2.46. The molecule has 104 valence electrons. The fourth-order valence-corrected chi connectivity index (χ4v) is 1.88. The number of hydrogen-bond donors (Lipinski definition) is 2. The first-order valence-corrected chi connectivity index (χ1v) is 6.31. The van der Waals surface area contributed by atoms with E-state index in [-0.39, 0.29) is 12.1 Å². The van der Waals surface area contributed by atoms with Crippen LogP contribution >= 0.6 is 0 Å². The summed E-state index contributed by atoms with van der Waals surface area (Å²) >= 11 is 0. The summed E-state index contributed by atoms with van der Waals surface area (Å²) in [5, 5.41) is 13.0. The van der Waals surface area contributed by atoms with Crippen LogP contribution in [0, 0.1) is 5.82 Å². The lowest BCUT2D eigenvalue weighted by Crippen LogP contribution is -2.38. The third-order valence-corrected chi connectivity index (χ3v) is 3.08. The summed E-state index contributed by atoms with van der Waals surface area (Å²) in [6.07, 6.45) is 0. The number of carbonyl (C=O) groups is 1. The molecule has 2 N–H and O–H groups in total. The first-order chi connectivity index (χ1) is 9.49. The molecular formula is C16H16FNO2. The van der Waals surface area contributed by atoms with E-state index in [1.165, 1.54) is 18.2 Å². The van der Waals surface area contributed by atoms with Gasteiger partial charge in [0, 0.05) is 5.56 Å². The molecule has 1 atom stereocenters. The van der Waals surface area contributed by atoms with Gasteiger partial charge in [-0.05, 0) is 30.7 Å². The van der Waals surface area contributed by atoms with Crippen molar-refractivity contribution in [3.63, 3.8) is 0 Å². The van der Waals surface area contributed by atoms with Gasteiger partial charge in [0.2, 0.25) is 0 Å². The van der Waals surface area contributed by atoms with Gasteiger partial charge >= 0.3 is 0 Å². The average Bonchev–Trinajstić information content (AvgIpc) is 2.46. The van der Waals surface area contributed by atoms with Crippen molar-refractivity contribution in [2.45, 2.75) is 12.5 Å². The summed E-state index contributed by atoms with van der Waals surface area (Å²) in [6, 6.07) is 14.5. The molecule has 0 aliphatic heterocycles. The second-order valence-corrected chi connectivity index (χ2v) is 4.83. The molecule has 0 heterocycles. The summed E-state index contributed by atoms with van der Waals surface area (Å²) in [5.74, 6) is -0.881. The molecular weight excluding hydrogens is 257 g/mol. The van der Waals surface area contributed by atoms with Crippen molar-refractivity contribution >= 4 is 5.91 Å². The number of benzene rings is 2. The molecule has 0 saturated carbocycles. The highest BCUT2D eigenvalue weighted by molar-refractivity contribution is 5.94. The van der Waals surface area contributed by atoms with Crippen molar-refractivity contribution in [1.82, 2.24) is 5.32 Å². The van der Waals surface area contributed by atoms with E-state index in [4.69, 9.17) is 0 Å². The predicted molar refractivity (Wildman–Crippen MR) is 74.7 cm³/mol. The second-order valence-electron chi connectivity index (χ2n) is 4.83. The minimum Gasteiger partial charge on any atom is -0.384 e. The lowest BCUT2D eigenvalue weighted by atomic mass is 9.96. The van der Waals surface area contributed by atoms with Crippen LogP contribution < -0.4 is 5.32 Å². The van der Waals surface area contributed by atoms with Gasteiger partial charge in [-0.25, -0.2) is 4.39 Å². The maximum absolute atomic E-state index is 13.0. The highest BCUT2D eigenvalue weighted by Crippen LogP contribution is 2.19. The van der Waals surface area contributed by atoms with E-state index in [9.17, 15) is 14.3 Å². The van der Waals surface area contributed by atoms with E-state index in [1.54, 1.807) is 19.1 Å². The minimum atomic E-state index is -1.18.